The summed E-state index contributed by atoms with van der Waals surface area (Å²) in [6, 6.07) is 0. The zero-order valence-electron chi connectivity index (χ0n) is 4.48. The highest BCUT2D eigenvalue weighted by Gasteiger charge is 2.10. The molecule has 0 aliphatic rings. The zero-order valence-corrected chi connectivity index (χ0v) is 6.05. The molecule has 2 atom stereocenters. The smallest absolute Gasteiger partial charge is 0.174 e. The normalized spacial score (nSPS) is 18.9. The lowest BCUT2D eigenvalue weighted by Crippen LogP contribution is -2.08. The minimum Gasteiger partial charge on any atom is -0.599 e. The summed E-state index contributed by atoms with van der Waals surface area (Å²) in [5.74, 6) is 0. The first-order valence-corrected chi connectivity index (χ1v) is 4.29. The summed E-state index contributed by atoms with van der Waals surface area (Å²) in [5.41, 5.74) is 0. The molecule has 0 amide bonds. The number of halogens is 1. The van der Waals surface area contributed by atoms with E-state index in [4.69, 9.17) is 10.7 Å². The van der Waals surface area contributed by atoms with Gasteiger partial charge in [0, 0.05) is 0 Å². The molecular formula is C4H9ClOS. The largest absolute Gasteiger partial charge is 0.599 e. The molecule has 0 heterocycles. The van der Waals surface area contributed by atoms with Crippen molar-refractivity contribution in [2.45, 2.75) is 25.5 Å². The van der Waals surface area contributed by atoms with Gasteiger partial charge in [0.25, 0.3) is 0 Å². The summed E-state index contributed by atoms with van der Waals surface area (Å²) >= 11 is 0. The van der Waals surface area contributed by atoms with Crippen molar-refractivity contribution in [1.29, 1.82) is 0 Å². The molecule has 0 aromatic rings. The molecule has 0 aromatic heterocycles. The van der Waals surface area contributed by atoms with E-state index in [1.807, 2.05) is 13.8 Å². The van der Waals surface area contributed by atoms with E-state index >= 15 is 0 Å². The Morgan fingerprint density at radius 2 is 2.29 bits per heavy atom. The Hall–Kier alpha value is 0.600. The van der Waals surface area contributed by atoms with Gasteiger partial charge in [0.15, 0.2) is 10.7 Å². The van der Waals surface area contributed by atoms with Crippen LogP contribution in [0.1, 0.15) is 20.3 Å². The Balaban J connectivity index is 3.14. The fraction of sp³-hybridized carbons (Fsp3) is 1.00. The van der Waals surface area contributed by atoms with Crippen LogP contribution >= 0.6 is 10.7 Å². The third-order valence-electron chi connectivity index (χ3n) is 0.891. The van der Waals surface area contributed by atoms with Crippen LogP contribution in [-0.2, 0) is 10.4 Å². The van der Waals surface area contributed by atoms with Gasteiger partial charge in [0.05, 0.1) is 10.4 Å². The van der Waals surface area contributed by atoms with Crippen LogP contribution in [0, 0.1) is 0 Å². The van der Waals surface area contributed by atoms with Gasteiger partial charge in [0.1, 0.15) is 5.25 Å². The van der Waals surface area contributed by atoms with Crippen LogP contribution in [0.3, 0.4) is 0 Å². The molecule has 0 fully saturated rings. The van der Waals surface area contributed by atoms with Crippen molar-refractivity contribution >= 4 is 21.1 Å². The van der Waals surface area contributed by atoms with Crippen molar-refractivity contribution in [2.24, 2.45) is 0 Å². The SMILES string of the molecule is CCC(C)[S+]([O-])Cl. The molecule has 1 nitrogen and oxygen atoms in total. The van der Waals surface area contributed by atoms with Gasteiger partial charge in [-0.3, -0.25) is 0 Å². The predicted molar refractivity (Wildman–Crippen MR) is 33.7 cm³/mol. The van der Waals surface area contributed by atoms with Gasteiger partial charge in [-0.15, -0.1) is 0 Å². The third-order valence-corrected chi connectivity index (χ3v) is 2.77. The topological polar surface area (TPSA) is 23.1 Å². The fourth-order valence-corrected chi connectivity index (χ4v) is 0.771. The molecule has 2 unspecified atom stereocenters. The van der Waals surface area contributed by atoms with Crippen LogP contribution in [0.2, 0.25) is 0 Å². The highest BCUT2D eigenvalue weighted by atomic mass is 35.7. The third kappa shape index (κ3) is 3.21. The van der Waals surface area contributed by atoms with Crippen molar-refractivity contribution in [3.05, 3.63) is 0 Å². The molecule has 0 bridgehead atoms. The maximum atomic E-state index is 10.3. The fourth-order valence-electron chi connectivity index (χ4n) is 0.131. The molecule has 0 aliphatic heterocycles. The predicted octanol–water partition coefficient (Wildman–Crippen LogP) is 1.69. The molecule has 0 N–H and O–H groups in total. The minimum absolute atomic E-state index is 0.140. The molecule has 0 aromatic carbocycles. The second-order valence-electron chi connectivity index (χ2n) is 1.47. The quantitative estimate of drug-likeness (QED) is 0.536. The Labute approximate surface area is 51.7 Å². The summed E-state index contributed by atoms with van der Waals surface area (Å²) in [6.45, 7) is 3.83. The second kappa shape index (κ2) is 3.58. The number of rotatable bonds is 2. The zero-order chi connectivity index (χ0) is 5.86. The summed E-state index contributed by atoms with van der Waals surface area (Å²) in [5, 5.41) is 0.140. The van der Waals surface area contributed by atoms with Gasteiger partial charge in [-0.25, -0.2) is 0 Å². The molecule has 0 saturated carbocycles. The first kappa shape index (κ1) is 7.60. The van der Waals surface area contributed by atoms with E-state index in [2.05, 4.69) is 0 Å². The molecule has 0 radical (unpaired) electrons. The molecular weight excluding hydrogens is 132 g/mol. The molecule has 3 heteroatoms. The van der Waals surface area contributed by atoms with Crippen molar-refractivity contribution in [1.82, 2.24) is 0 Å². The minimum atomic E-state index is -1.14. The van der Waals surface area contributed by atoms with Crippen LogP contribution in [0.5, 0.6) is 0 Å². The maximum absolute atomic E-state index is 10.3. The van der Waals surface area contributed by atoms with Crippen LogP contribution in [-0.4, -0.2) is 9.80 Å². The summed E-state index contributed by atoms with van der Waals surface area (Å²) < 4.78 is 10.3. The van der Waals surface area contributed by atoms with Crippen molar-refractivity contribution in [3.63, 3.8) is 0 Å². The molecule has 0 aliphatic carbocycles. The number of hydrogen-bond acceptors (Lipinski definition) is 1. The Morgan fingerprint density at radius 1 is 1.86 bits per heavy atom. The first-order chi connectivity index (χ1) is 3.18. The van der Waals surface area contributed by atoms with Crippen LogP contribution in [0.25, 0.3) is 0 Å². The van der Waals surface area contributed by atoms with Crippen molar-refractivity contribution in [3.8, 4) is 0 Å². The summed E-state index contributed by atoms with van der Waals surface area (Å²) in [7, 11) is 4.06. The van der Waals surface area contributed by atoms with E-state index < -0.39 is 10.4 Å². The van der Waals surface area contributed by atoms with E-state index in [0.29, 0.717) is 0 Å². The second-order valence-corrected chi connectivity index (χ2v) is 3.68. The summed E-state index contributed by atoms with van der Waals surface area (Å²) in [4.78, 5) is 0. The highest BCUT2D eigenvalue weighted by molar-refractivity contribution is 8.14. The lowest BCUT2D eigenvalue weighted by molar-refractivity contribution is 0.594. The van der Waals surface area contributed by atoms with Crippen LogP contribution in [0.15, 0.2) is 0 Å². The van der Waals surface area contributed by atoms with E-state index in [1.54, 1.807) is 0 Å². The first-order valence-electron chi connectivity index (χ1n) is 2.25. The van der Waals surface area contributed by atoms with E-state index in [1.165, 1.54) is 0 Å². The Kier molecular flexibility index (Phi) is 3.89. The average molecular weight is 141 g/mol. The molecule has 0 spiro atoms. The van der Waals surface area contributed by atoms with Gasteiger partial charge in [0.2, 0.25) is 0 Å². The van der Waals surface area contributed by atoms with Crippen molar-refractivity contribution < 1.29 is 4.55 Å². The van der Waals surface area contributed by atoms with E-state index in [9.17, 15) is 4.55 Å². The van der Waals surface area contributed by atoms with Crippen molar-refractivity contribution in [2.75, 3.05) is 0 Å². The highest BCUT2D eigenvalue weighted by Crippen LogP contribution is 2.08. The standard InChI is InChI=1S/C4H9ClOS/c1-3-4(2)7(5)6/h4H,3H2,1-2H3. The number of hydrogen-bond donors (Lipinski definition) is 0. The molecule has 0 rings (SSSR count). The van der Waals surface area contributed by atoms with Gasteiger partial charge >= 0.3 is 0 Å². The average Bonchev–Trinajstić information content (AvgIpc) is 1.65. The van der Waals surface area contributed by atoms with Gasteiger partial charge in [-0.2, -0.15) is 0 Å². The molecule has 7 heavy (non-hydrogen) atoms. The van der Waals surface area contributed by atoms with Gasteiger partial charge in [-0.05, 0) is 13.3 Å². The monoisotopic (exact) mass is 140 g/mol. The van der Waals surface area contributed by atoms with Gasteiger partial charge < -0.3 is 4.55 Å². The molecule has 44 valence electrons. The Bertz CT molecular complexity index is 49.0. The van der Waals surface area contributed by atoms with E-state index in [-0.39, 0.29) is 5.25 Å². The summed E-state index contributed by atoms with van der Waals surface area (Å²) in [6.07, 6.45) is 0.885. The van der Waals surface area contributed by atoms with Crippen LogP contribution < -0.4 is 0 Å². The molecule has 0 saturated heterocycles. The lowest BCUT2D eigenvalue weighted by atomic mass is 10.4. The van der Waals surface area contributed by atoms with Crippen LogP contribution in [0.4, 0.5) is 0 Å². The lowest BCUT2D eigenvalue weighted by Gasteiger charge is -2.04. The maximum Gasteiger partial charge on any atom is 0.174 e. The van der Waals surface area contributed by atoms with Gasteiger partial charge in [-0.1, -0.05) is 6.92 Å². The van der Waals surface area contributed by atoms with E-state index in [0.717, 1.165) is 6.42 Å². The Morgan fingerprint density at radius 3 is 2.29 bits per heavy atom.